The van der Waals surface area contributed by atoms with Crippen molar-refractivity contribution >= 4 is 0 Å². The third-order valence-corrected chi connectivity index (χ3v) is 4.53. The predicted molar refractivity (Wildman–Crippen MR) is 80.1 cm³/mol. The minimum atomic E-state index is 0.524. The van der Waals surface area contributed by atoms with Gasteiger partial charge in [0, 0.05) is 38.8 Å². The molecular weight excluding hydrogens is 282 g/mol. The molecule has 118 valence electrons. The van der Waals surface area contributed by atoms with Gasteiger partial charge < -0.3 is 14.3 Å². The van der Waals surface area contributed by atoms with Gasteiger partial charge in [-0.25, -0.2) is 0 Å². The van der Waals surface area contributed by atoms with E-state index in [0.717, 1.165) is 45.3 Å². The molecule has 0 amide bonds. The van der Waals surface area contributed by atoms with Gasteiger partial charge in [0.1, 0.15) is 0 Å². The lowest BCUT2D eigenvalue weighted by atomic mass is 10.2. The fourth-order valence-corrected chi connectivity index (χ4v) is 3.25. The second-order valence-electron chi connectivity index (χ2n) is 5.95. The summed E-state index contributed by atoms with van der Waals surface area (Å²) in [5, 5.41) is 7.42. The molecule has 4 heterocycles. The van der Waals surface area contributed by atoms with E-state index in [2.05, 4.69) is 25.3 Å². The van der Waals surface area contributed by atoms with E-state index in [-0.39, 0.29) is 0 Å². The van der Waals surface area contributed by atoms with Gasteiger partial charge in [-0.05, 0) is 25.1 Å². The van der Waals surface area contributed by atoms with E-state index in [9.17, 15) is 0 Å². The molecule has 22 heavy (non-hydrogen) atoms. The summed E-state index contributed by atoms with van der Waals surface area (Å²) in [6, 6.07) is 4.38. The smallest absolute Gasteiger partial charge is 0.241 e. The van der Waals surface area contributed by atoms with Gasteiger partial charge in [0.15, 0.2) is 5.76 Å². The van der Waals surface area contributed by atoms with Crippen molar-refractivity contribution in [2.75, 3.05) is 39.3 Å². The predicted octanol–water partition coefficient (Wildman–Crippen LogP) is 0.809. The van der Waals surface area contributed by atoms with E-state index in [1.54, 1.807) is 6.26 Å². The van der Waals surface area contributed by atoms with Gasteiger partial charge in [-0.15, -0.1) is 0 Å². The van der Waals surface area contributed by atoms with E-state index in [0.29, 0.717) is 24.0 Å². The number of hydrogen-bond donors (Lipinski definition) is 1. The Labute approximate surface area is 129 Å². The summed E-state index contributed by atoms with van der Waals surface area (Å²) in [4.78, 5) is 9.38. The lowest BCUT2D eigenvalue weighted by Crippen LogP contribution is -2.50. The maximum atomic E-state index is 5.33. The number of hydrogen-bond acceptors (Lipinski definition) is 7. The van der Waals surface area contributed by atoms with Crippen molar-refractivity contribution in [3.05, 3.63) is 24.3 Å². The summed E-state index contributed by atoms with van der Waals surface area (Å²) in [5.74, 6) is 1.83. The first-order valence-corrected chi connectivity index (χ1v) is 7.92. The van der Waals surface area contributed by atoms with E-state index in [1.165, 1.54) is 6.42 Å². The number of rotatable bonds is 4. The molecule has 0 radical (unpaired) electrons. The van der Waals surface area contributed by atoms with Gasteiger partial charge in [-0.2, -0.15) is 4.98 Å². The molecule has 1 atom stereocenters. The van der Waals surface area contributed by atoms with Gasteiger partial charge in [0.05, 0.1) is 12.8 Å². The molecule has 0 saturated carbocycles. The molecule has 0 aliphatic carbocycles. The SMILES string of the molecule is c1coc(-c2noc(CN3CCN(C4CCNC4)CC3)n2)c1. The normalized spacial score (nSPS) is 24.1. The van der Waals surface area contributed by atoms with E-state index < -0.39 is 0 Å². The van der Waals surface area contributed by atoms with Gasteiger partial charge >= 0.3 is 0 Å². The van der Waals surface area contributed by atoms with Crippen LogP contribution in [-0.2, 0) is 6.54 Å². The zero-order valence-electron chi connectivity index (χ0n) is 12.6. The third kappa shape index (κ3) is 2.92. The monoisotopic (exact) mass is 303 g/mol. The maximum absolute atomic E-state index is 5.33. The molecule has 2 aliphatic rings. The van der Waals surface area contributed by atoms with Gasteiger partial charge in [-0.1, -0.05) is 5.16 Å². The summed E-state index contributed by atoms with van der Waals surface area (Å²) in [7, 11) is 0. The number of piperazine rings is 1. The van der Waals surface area contributed by atoms with Crippen LogP contribution in [0.25, 0.3) is 11.6 Å². The fraction of sp³-hybridized carbons (Fsp3) is 0.600. The molecule has 2 aromatic rings. The average Bonchev–Trinajstić information content (AvgIpc) is 3.30. The van der Waals surface area contributed by atoms with Crippen LogP contribution < -0.4 is 5.32 Å². The quantitative estimate of drug-likeness (QED) is 0.896. The standard InChI is InChI=1S/C15H21N5O2/c1-2-13(21-9-1)15-17-14(22-18-15)11-19-5-7-20(8-6-19)12-3-4-16-10-12/h1-2,9,12,16H,3-8,10-11H2. The molecule has 1 unspecified atom stereocenters. The highest BCUT2D eigenvalue weighted by atomic mass is 16.5. The van der Waals surface area contributed by atoms with E-state index >= 15 is 0 Å². The van der Waals surface area contributed by atoms with Crippen molar-refractivity contribution in [2.45, 2.75) is 19.0 Å². The lowest BCUT2D eigenvalue weighted by molar-refractivity contribution is 0.0908. The fourth-order valence-electron chi connectivity index (χ4n) is 3.25. The zero-order chi connectivity index (χ0) is 14.8. The lowest BCUT2D eigenvalue weighted by Gasteiger charge is -2.37. The summed E-state index contributed by atoms with van der Waals surface area (Å²) >= 11 is 0. The summed E-state index contributed by atoms with van der Waals surface area (Å²) in [6.45, 7) is 7.34. The Hall–Kier alpha value is -1.70. The van der Waals surface area contributed by atoms with Crippen molar-refractivity contribution < 1.29 is 8.94 Å². The number of nitrogens with one attached hydrogen (secondary N) is 1. The van der Waals surface area contributed by atoms with Crippen LogP contribution in [0.2, 0.25) is 0 Å². The van der Waals surface area contributed by atoms with Gasteiger partial charge in [0.25, 0.3) is 0 Å². The first-order valence-electron chi connectivity index (χ1n) is 7.92. The van der Waals surface area contributed by atoms with Crippen LogP contribution in [-0.4, -0.2) is 65.3 Å². The summed E-state index contributed by atoms with van der Waals surface area (Å²) in [5.41, 5.74) is 0. The number of aromatic nitrogens is 2. The Bertz CT molecular complexity index is 583. The highest BCUT2D eigenvalue weighted by Crippen LogP contribution is 2.17. The first-order chi connectivity index (χ1) is 10.9. The van der Waals surface area contributed by atoms with Crippen LogP contribution in [0.1, 0.15) is 12.3 Å². The van der Waals surface area contributed by atoms with Crippen molar-refractivity contribution in [1.82, 2.24) is 25.3 Å². The minimum absolute atomic E-state index is 0.524. The van der Waals surface area contributed by atoms with Crippen LogP contribution in [0.15, 0.2) is 27.3 Å². The third-order valence-electron chi connectivity index (χ3n) is 4.53. The molecule has 2 aromatic heterocycles. The Morgan fingerprint density at radius 2 is 2.18 bits per heavy atom. The van der Waals surface area contributed by atoms with Crippen LogP contribution in [0.4, 0.5) is 0 Å². The van der Waals surface area contributed by atoms with Crippen molar-refractivity contribution in [2.24, 2.45) is 0 Å². The Morgan fingerprint density at radius 3 is 2.91 bits per heavy atom. The van der Waals surface area contributed by atoms with Crippen molar-refractivity contribution in [3.63, 3.8) is 0 Å². The molecular formula is C15H21N5O2. The molecule has 7 nitrogen and oxygen atoms in total. The van der Waals surface area contributed by atoms with Crippen LogP contribution in [0, 0.1) is 0 Å². The number of nitrogens with zero attached hydrogens (tertiary/aromatic N) is 4. The zero-order valence-corrected chi connectivity index (χ0v) is 12.6. The topological polar surface area (TPSA) is 70.6 Å². The highest BCUT2D eigenvalue weighted by molar-refractivity contribution is 5.44. The molecule has 2 fully saturated rings. The molecule has 0 spiro atoms. The molecule has 0 bridgehead atoms. The van der Waals surface area contributed by atoms with Gasteiger partial charge in [-0.3, -0.25) is 9.80 Å². The molecule has 2 aliphatic heterocycles. The average molecular weight is 303 g/mol. The Balaban J connectivity index is 1.31. The Morgan fingerprint density at radius 1 is 1.27 bits per heavy atom. The molecule has 4 rings (SSSR count). The maximum Gasteiger partial charge on any atom is 0.241 e. The second kappa shape index (κ2) is 6.20. The van der Waals surface area contributed by atoms with Gasteiger partial charge in [0.2, 0.25) is 11.7 Å². The molecule has 7 heteroatoms. The summed E-state index contributed by atoms with van der Waals surface area (Å²) < 4.78 is 10.6. The Kier molecular flexibility index (Phi) is 3.92. The van der Waals surface area contributed by atoms with Crippen LogP contribution in [0.5, 0.6) is 0 Å². The van der Waals surface area contributed by atoms with Crippen molar-refractivity contribution in [1.29, 1.82) is 0 Å². The van der Waals surface area contributed by atoms with E-state index in [4.69, 9.17) is 8.94 Å². The largest absolute Gasteiger partial charge is 0.461 e. The molecule has 0 aromatic carbocycles. The highest BCUT2D eigenvalue weighted by Gasteiger charge is 2.26. The van der Waals surface area contributed by atoms with Crippen LogP contribution >= 0.6 is 0 Å². The number of furan rings is 1. The van der Waals surface area contributed by atoms with Crippen LogP contribution in [0.3, 0.4) is 0 Å². The van der Waals surface area contributed by atoms with Crippen molar-refractivity contribution in [3.8, 4) is 11.6 Å². The summed E-state index contributed by atoms with van der Waals surface area (Å²) in [6.07, 6.45) is 2.89. The molecule has 2 saturated heterocycles. The first kappa shape index (κ1) is 13.9. The second-order valence-corrected chi connectivity index (χ2v) is 5.95. The minimum Gasteiger partial charge on any atom is -0.461 e. The molecule has 1 N–H and O–H groups in total. The van der Waals surface area contributed by atoms with E-state index in [1.807, 2.05) is 12.1 Å².